The predicted molar refractivity (Wildman–Crippen MR) is 72.4 cm³/mol. The molecule has 0 aromatic heterocycles. The van der Waals surface area contributed by atoms with E-state index >= 15 is 0 Å². The Morgan fingerprint density at radius 3 is 2.55 bits per heavy atom. The number of rotatable bonds is 5. The fourth-order valence-corrected chi connectivity index (χ4v) is 1.77. The molecule has 0 unspecified atom stereocenters. The Balaban J connectivity index is 2.50. The largest absolute Gasteiger partial charge is 0.465 e. The van der Waals surface area contributed by atoms with E-state index in [0.717, 1.165) is 13.1 Å². The van der Waals surface area contributed by atoms with Gasteiger partial charge in [-0.2, -0.15) is 5.26 Å². The fraction of sp³-hybridized carbons (Fsp3) is 0.615. The Bertz CT molecular complexity index is 420. The van der Waals surface area contributed by atoms with Crippen LogP contribution in [0.5, 0.6) is 0 Å². The van der Waals surface area contributed by atoms with Gasteiger partial charge in [0.25, 0.3) is 5.91 Å². The molecular weight excluding hydrogens is 260 g/mol. The molecule has 1 rings (SSSR count). The number of carbonyl (C=O) groups excluding carboxylic acids is 2. The average Bonchev–Trinajstić information content (AvgIpc) is 2.44. The van der Waals surface area contributed by atoms with E-state index in [2.05, 4.69) is 10.2 Å². The van der Waals surface area contributed by atoms with Gasteiger partial charge in [0.1, 0.15) is 18.2 Å². The number of hydrogen-bond donors (Lipinski definition) is 1. The van der Waals surface area contributed by atoms with Crippen molar-refractivity contribution < 1.29 is 14.3 Å². The third kappa shape index (κ3) is 4.90. The lowest BCUT2D eigenvalue weighted by molar-refractivity contribution is -0.141. The molecule has 7 heteroatoms. The van der Waals surface area contributed by atoms with Crippen LogP contribution in [0.15, 0.2) is 11.8 Å². The lowest BCUT2D eigenvalue weighted by Crippen LogP contribution is -2.47. The third-order valence-corrected chi connectivity index (χ3v) is 2.94. The molecule has 1 heterocycles. The molecule has 0 atom stereocenters. The highest BCUT2D eigenvalue weighted by molar-refractivity contribution is 5.97. The lowest BCUT2D eigenvalue weighted by Gasteiger charge is -2.32. The maximum absolute atomic E-state index is 12.1. The molecule has 20 heavy (non-hydrogen) atoms. The second-order valence-electron chi connectivity index (χ2n) is 4.45. The summed E-state index contributed by atoms with van der Waals surface area (Å²) in [5, 5.41) is 11.6. The van der Waals surface area contributed by atoms with Gasteiger partial charge in [0.05, 0.1) is 6.61 Å². The highest BCUT2D eigenvalue weighted by atomic mass is 16.5. The summed E-state index contributed by atoms with van der Waals surface area (Å²) in [6.07, 6.45) is 1.28. The number of nitrogens with one attached hydrogen (secondary N) is 1. The minimum atomic E-state index is -0.423. The van der Waals surface area contributed by atoms with Crippen LogP contribution in [0.2, 0.25) is 0 Å². The first-order chi connectivity index (χ1) is 9.58. The highest BCUT2D eigenvalue weighted by Crippen LogP contribution is 2.05. The summed E-state index contributed by atoms with van der Waals surface area (Å²) in [7, 11) is 1.99. The van der Waals surface area contributed by atoms with E-state index < -0.39 is 5.97 Å². The number of nitriles is 1. The van der Waals surface area contributed by atoms with Crippen LogP contribution in [0.4, 0.5) is 0 Å². The predicted octanol–water partition coefficient (Wildman–Crippen LogP) is -0.679. The topological polar surface area (TPSA) is 85.7 Å². The minimum Gasteiger partial charge on any atom is -0.465 e. The van der Waals surface area contributed by atoms with E-state index in [1.54, 1.807) is 11.8 Å². The van der Waals surface area contributed by atoms with Crippen molar-refractivity contribution in [1.29, 1.82) is 5.26 Å². The van der Waals surface area contributed by atoms with E-state index in [9.17, 15) is 9.59 Å². The zero-order chi connectivity index (χ0) is 15.0. The molecule has 1 fully saturated rings. The second-order valence-corrected chi connectivity index (χ2v) is 4.45. The quantitative estimate of drug-likeness (QED) is 0.408. The van der Waals surface area contributed by atoms with Crippen LogP contribution in [-0.2, 0) is 14.3 Å². The zero-order valence-corrected chi connectivity index (χ0v) is 11.9. The summed E-state index contributed by atoms with van der Waals surface area (Å²) in [4.78, 5) is 27.0. The molecule has 1 saturated heterocycles. The van der Waals surface area contributed by atoms with E-state index in [-0.39, 0.29) is 18.0 Å². The monoisotopic (exact) mass is 280 g/mol. The van der Waals surface area contributed by atoms with Crippen molar-refractivity contribution in [3.05, 3.63) is 11.8 Å². The second kappa shape index (κ2) is 8.17. The van der Waals surface area contributed by atoms with Crippen LogP contribution < -0.4 is 5.32 Å². The molecule has 0 aliphatic carbocycles. The van der Waals surface area contributed by atoms with Crippen molar-refractivity contribution in [2.75, 3.05) is 46.4 Å². The van der Waals surface area contributed by atoms with Gasteiger partial charge >= 0.3 is 5.97 Å². The highest BCUT2D eigenvalue weighted by Gasteiger charge is 2.22. The molecule has 1 aliphatic heterocycles. The Labute approximate surface area is 118 Å². The Morgan fingerprint density at radius 2 is 2.00 bits per heavy atom. The van der Waals surface area contributed by atoms with Gasteiger partial charge in [0.15, 0.2) is 0 Å². The van der Waals surface area contributed by atoms with Crippen molar-refractivity contribution in [2.45, 2.75) is 6.92 Å². The summed E-state index contributed by atoms with van der Waals surface area (Å²) in [5.41, 5.74) is -0.00106. The van der Waals surface area contributed by atoms with Crippen LogP contribution in [0.1, 0.15) is 6.92 Å². The van der Waals surface area contributed by atoms with E-state index in [1.807, 2.05) is 13.1 Å². The van der Waals surface area contributed by atoms with Crippen molar-refractivity contribution in [1.82, 2.24) is 15.1 Å². The van der Waals surface area contributed by atoms with Crippen LogP contribution in [-0.4, -0.2) is 68.1 Å². The van der Waals surface area contributed by atoms with Crippen LogP contribution in [0.25, 0.3) is 0 Å². The smallest absolute Gasteiger partial charge is 0.325 e. The number of hydrogen-bond acceptors (Lipinski definition) is 6. The molecule has 1 aliphatic rings. The maximum Gasteiger partial charge on any atom is 0.325 e. The molecule has 1 N–H and O–H groups in total. The first kappa shape index (κ1) is 16.0. The standard InChI is InChI=1S/C13H20N4O3/c1-3-20-12(18)10-15-9-11(8-14)13(19)17-6-4-16(2)5-7-17/h9,15H,3-7,10H2,1-2H3/b11-9-. The number of carbonyl (C=O) groups is 2. The van der Waals surface area contributed by atoms with Gasteiger partial charge in [-0.05, 0) is 14.0 Å². The fourth-order valence-electron chi connectivity index (χ4n) is 1.77. The van der Waals surface area contributed by atoms with Gasteiger partial charge < -0.3 is 19.9 Å². The first-order valence-electron chi connectivity index (χ1n) is 6.55. The minimum absolute atomic E-state index is 0.00106. The summed E-state index contributed by atoms with van der Waals surface area (Å²) in [6, 6.07) is 1.86. The van der Waals surface area contributed by atoms with Gasteiger partial charge in [-0.3, -0.25) is 9.59 Å². The van der Waals surface area contributed by atoms with Gasteiger partial charge in [0, 0.05) is 32.4 Å². The number of piperazine rings is 1. The zero-order valence-electron chi connectivity index (χ0n) is 11.9. The molecule has 0 aromatic carbocycles. The van der Waals surface area contributed by atoms with Crippen molar-refractivity contribution in [2.24, 2.45) is 0 Å². The Morgan fingerprint density at radius 1 is 1.35 bits per heavy atom. The average molecular weight is 280 g/mol. The summed E-state index contributed by atoms with van der Waals surface area (Å²) < 4.78 is 4.73. The van der Waals surface area contributed by atoms with Gasteiger partial charge in [-0.1, -0.05) is 0 Å². The number of esters is 1. The van der Waals surface area contributed by atoms with Gasteiger partial charge in [-0.25, -0.2) is 0 Å². The molecule has 0 saturated carbocycles. The number of ether oxygens (including phenoxy) is 1. The maximum atomic E-state index is 12.1. The van der Waals surface area contributed by atoms with Crippen molar-refractivity contribution in [3.8, 4) is 6.07 Å². The summed E-state index contributed by atoms with van der Waals surface area (Å²) >= 11 is 0. The van der Waals surface area contributed by atoms with Crippen molar-refractivity contribution in [3.63, 3.8) is 0 Å². The summed E-state index contributed by atoms with van der Waals surface area (Å²) in [5.74, 6) is -0.731. The van der Waals surface area contributed by atoms with E-state index in [0.29, 0.717) is 19.7 Å². The molecule has 0 aromatic rings. The number of nitrogens with zero attached hydrogens (tertiary/aromatic N) is 3. The molecule has 7 nitrogen and oxygen atoms in total. The molecule has 0 bridgehead atoms. The number of likely N-dealkylation sites (N-methyl/N-ethyl adjacent to an activating group) is 1. The molecule has 0 radical (unpaired) electrons. The van der Waals surface area contributed by atoms with Crippen LogP contribution in [0.3, 0.4) is 0 Å². The number of amides is 1. The van der Waals surface area contributed by atoms with Crippen molar-refractivity contribution >= 4 is 11.9 Å². The van der Waals surface area contributed by atoms with Crippen LogP contribution in [0, 0.1) is 11.3 Å². The first-order valence-corrected chi connectivity index (χ1v) is 6.55. The van der Waals surface area contributed by atoms with Gasteiger partial charge in [0.2, 0.25) is 0 Å². The Hall–Kier alpha value is -2.07. The SMILES string of the molecule is CCOC(=O)CN/C=C(/C#N)C(=O)N1CCN(C)CC1. The summed E-state index contributed by atoms with van der Waals surface area (Å²) in [6.45, 7) is 4.75. The molecular formula is C13H20N4O3. The lowest BCUT2D eigenvalue weighted by atomic mass is 10.2. The third-order valence-electron chi connectivity index (χ3n) is 2.94. The van der Waals surface area contributed by atoms with E-state index in [4.69, 9.17) is 10.00 Å². The molecule has 0 spiro atoms. The van der Waals surface area contributed by atoms with E-state index in [1.165, 1.54) is 6.20 Å². The molecule has 110 valence electrons. The Kier molecular flexibility index (Phi) is 6.53. The van der Waals surface area contributed by atoms with Crippen LogP contribution >= 0.6 is 0 Å². The molecule has 1 amide bonds. The van der Waals surface area contributed by atoms with Gasteiger partial charge in [-0.15, -0.1) is 0 Å². The normalized spacial score (nSPS) is 16.4.